The molecule has 0 aromatic rings. The maximum atomic E-state index is 12.5. The molecule has 0 bridgehead atoms. The SMILES string of the molecule is CC(C)CN(CC(=O)N1CCN(C(=O)OC(C)(C)C)CC1)C(C)C. The van der Waals surface area contributed by atoms with Crippen molar-refractivity contribution in [2.24, 2.45) is 5.92 Å². The minimum atomic E-state index is -0.487. The molecule has 0 spiro atoms. The highest BCUT2D eigenvalue weighted by molar-refractivity contribution is 5.78. The van der Waals surface area contributed by atoms with E-state index in [0.717, 1.165) is 6.54 Å². The van der Waals surface area contributed by atoms with Crippen LogP contribution in [-0.4, -0.2) is 77.6 Å². The zero-order valence-electron chi connectivity index (χ0n) is 16.5. The molecule has 1 heterocycles. The van der Waals surface area contributed by atoms with Gasteiger partial charge in [0.25, 0.3) is 0 Å². The van der Waals surface area contributed by atoms with Crippen LogP contribution in [0.1, 0.15) is 48.5 Å². The lowest BCUT2D eigenvalue weighted by Gasteiger charge is -2.37. The average molecular weight is 341 g/mol. The van der Waals surface area contributed by atoms with E-state index in [-0.39, 0.29) is 12.0 Å². The lowest BCUT2D eigenvalue weighted by molar-refractivity contribution is -0.134. The van der Waals surface area contributed by atoms with Crippen LogP contribution in [0.3, 0.4) is 0 Å². The highest BCUT2D eigenvalue weighted by Crippen LogP contribution is 2.12. The van der Waals surface area contributed by atoms with Gasteiger partial charge < -0.3 is 14.5 Å². The molecule has 0 aromatic heterocycles. The number of rotatable bonds is 5. The summed E-state index contributed by atoms with van der Waals surface area (Å²) in [4.78, 5) is 30.4. The lowest BCUT2D eigenvalue weighted by Crippen LogP contribution is -2.54. The molecule has 1 saturated heterocycles. The van der Waals surface area contributed by atoms with Crippen molar-refractivity contribution in [3.8, 4) is 0 Å². The Morgan fingerprint density at radius 3 is 1.92 bits per heavy atom. The third kappa shape index (κ3) is 7.07. The van der Waals surface area contributed by atoms with Crippen LogP contribution >= 0.6 is 0 Å². The van der Waals surface area contributed by atoms with Gasteiger partial charge in [0, 0.05) is 38.8 Å². The van der Waals surface area contributed by atoms with Gasteiger partial charge in [-0.3, -0.25) is 9.69 Å². The molecule has 24 heavy (non-hydrogen) atoms. The Hall–Kier alpha value is -1.30. The number of amides is 2. The Kier molecular flexibility index (Phi) is 7.52. The molecular weight excluding hydrogens is 306 g/mol. The zero-order chi connectivity index (χ0) is 18.5. The second-order valence-corrected chi connectivity index (χ2v) is 8.27. The monoisotopic (exact) mass is 341 g/mol. The second-order valence-electron chi connectivity index (χ2n) is 8.27. The minimum absolute atomic E-state index is 0.146. The maximum absolute atomic E-state index is 12.5. The van der Waals surface area contributed by atoms with Crippen molar-refractivity contribution in [1.29, 1.82) is 0 Å². The lowest BCUT2D eigenvalue weighted by atomic mass is 10.1. The second kappa shape index (κ2) is 8.70. The van der Waals surface area contributed by atoms with Crippen molar-refractivity contribution < 1.29 is 14.3 Å². The number of ether oxygens (including phenoxy) is 1. The predicted molar refractivity (Wildman–Crippen MR) is 95.9 cm³/mol. The first kappa shape index (κ1) is 20.7. The Bertz CT molecular complexity index is 422. The van der Waals surface area contributed by atoms with Gasteiger partial charge in [-0.2, -0.15) is 0 Å². The molecule has 0 aromatic carbocycles. The summed E-state index contributed by atoms with van der Waals surface area (Å²) >= 11 is 0. The molecule has 1 rings (SSSR count). The molecule has 1 aliphatic rings. The van der Waals surface area contributed by atoms with Gasteiger partial charge in [-0.25, -0.2) is 4.79 Å². The number of hydrogen-bond acceptors (Lipinski definition) is 4. The fourth-order valence-electron chi connectivity index (χ4n) is 2.67. The number of nitrogens with zero attached hydrogens (tertiary/aromatic N) is 3. The summed E-state index contributed by atoms with van der Waals surface area (Å²) in [6, 6.07) is 0.347. The summed E-state index contributed by atoms with van der Waals surface area (Å²) in [5.41, 5.74) is -0.487. The predicted octanol–water partition coefficient (Wildman–Crippen LogP) is 2.43. The van der Waals surface area contributed by atoms with E-state index in [1.54, 1.807) is 4.90 Å². The van der Waals surface area contributed by atoms with Gasteiger partial charge in [-0.1, -0.05) is 13.8 Å². The zero-order valence-corrected chi connectivity index (χ0v) is 16.5. The van der Waals surface area contributed by atoms with Crippen LogP contribution in [-0.2, 0) is 9.53 Å². The standard InChI is InChI=1S/C18H35N3O3/c1-14(2)12-21(15(3)4)13-16(22)19-8-10-20(11-9-19)17(23)24-18(5,6)7/h14-15H,8-13H2,1-7H3. The Labute approximate surface area is 147 Å². The molecule has 0 aliphatic carbocycles. The van der Waals surface area contributed by atoms with Crippen LogP contribution in [0.25, 0.3) is 0 Å². The van der Waals surface area contributed by atoms with Crippen LogP contribution in [0.4, 0.5) is 4.79 Å². The van der Waals surface area contributed by atoms with Gasteiger partial charge >= 0.3 is 6.09 Å². The molecule has 1 fully saturated rings. The fourth-order valence-corrected chi connectivity index (χ4v) is 2.67. The normalized spacial score (nSPS) is 16.2. The van der Waals surface area contributed by atoms with E-state index in [1.807, 2.05) is 25.7 Å². The van der Waals surface area contributed by atoms with Gasteiger partial charge in [0.05, 0.1) is 6.54 Å². The Balaban J connectivity index is 2.49. The van der Waals surface area contributed by atoms with E-state index in [1.165, 1.54) is 0 Å². The maximum Gasteiger partial charge on any atom is 0.410 e. The van der Waals surface area contributed by atoms with Crippen molar-refractivity contribution in [3.05, 3.63) is 0 Å². The van der Waals surface area contributed by atoms with Crippen molar-refractivity contribution in [2.75, 3.05) is 39.3 Å². The molecule has 0 saturated carbocycles. The topological polar surface area (TPSA) is 53.1 Å². The van der Waals surface area contributed by atoms with Crippen molar-refractivity contribution >= 4 is 12.0 Å². The first-order valence-corrected chi connectivity index (χ1v) is 8.99. The van der Waals surface area contributed by atoms with Crippen LogP contribution < -0.4 is 0 Å². The third-order valence-electron chi connectivity index (χ3n) is 3.95. The van der Waals surface area contributed by atoms with E-state index < -0.39 is 5.60 Å². The Morgan fingerprint density at radius 1 is 1.00 bits per heavy atom. The average Bonchev–Trinajstić information content (AvgIpc) is 2.44. The molecule has 6 nitrogen and oxygen atoms in total. The van der Waals surface area contributed by atoms with E-state index >= 15 is 0 Å². The van der Waals surface area contributed by atoms with Crippen LogP contribution in [0.15, 0.2) is 0 Å². The molecular formula is C18H35N3O3. The van der Waals surface area contributed by atoms with Gasteiger partial charge in [0.15, 0.2) is 0 Å². The molecule has 140 valence electrons. The molecule has 0 unspecified atom stereocenters. The molecule has 0 atom stereocenters. The fraction of sp³-hybridized carbons (Fsp3) is 0.889. The van der Waals surface area contributed by atoms with Crippen LogP contribution in [0.5, 0.6) is 0 Å². The summed E-state index contributed by atoms with van der Waals surface area (Å²) < 4.78 is 5.39. The summed E-state index contributed by atoms with van der Waals surface area (Å²) in [5, 5.41) is 0. The van der Waals surface area contributed by atoms with E-state index in [9.17, 15) is 9.59 Å². The summed E-state index contributed by atoms with van der Waals surface area (Å²) in [5.74, 6) is 0.678. The first-order chi connectivity index (χ1) is 11.0. The molecule has 2 amide bonds. The summed E-state index contributed by atoms with van der Waals surface area (Å²) in [6.07, 6.45) is -0.293. The van der Waals surface area contributed by atoms with Gasteiger partial charge in [-0.15, -0.1) is 0 Å². The van der Waals surface area contributed by atoms with Crippen molar-refractivity contribution in [2.45, 2.75) is 60.1 Å². The quantitative estimate of drug-likeness (QED) is 0.771. The summed E-state index contributed by atoms with van der Waals surface area (Å²) in [6.45, 7) is 17.7. The minimum Gasteiger partial charge on any atom is -0.444 e. The first-order valence-electron chi connectivity index (χ1n) is 8.99. The van der Waals surface area contributed by atoms with Gasteiger partial charge in [-0.05, 0) is 40.5 Å². The van der Waals surface area contributed by atoms with Crippen LogP contribution in [0, 0.1) is 5.92 Å². The smallest absolute Gasteiger partial charge is 0.410 e. The third-order valence-corrected chi connectivity index (χ3v) is 3.95. The summed E-state index contributed by atoms with van der Waals surface area (Å²) in [7, 11) is 0. The number of piperazine rings is 1. The largest absolute Gasteiger partial charge is 0.444 e. The van der Waals surface area contributed by atoms with E-state index in [4.69, 9.17) is 4.74 Å². The number of carbonyl (C=O) groups excluding carboxylic acids is 2. The van der Waals surface area contributed by atoms with Gasteiger partial charge in [0.2, 0.25) is 5.91 Å². The number of hydrogen-bond donors (Lipinski definition) is 0. The Morgan fingerprint density at radius 2 is 1.50 bits per heavy atom. The highest BCUT2D eigenvalue weighted by Gasteiger charge is 2.28. The van der Waals surface area contributed by atoms with Crippen molar-refractivity contribution in [3.63, 3.8) is 0 Å². The molecule has 1 aliphatic heterocycles. The van der Waals surface area contributed by atoms with E-state index in [0.29, 0.717) is 44.7 Å². The molecule has 0 radical (unpaired) electrons. The van der Waals surface area contributed by atoms with Crippen LogP contribution in [0.2, 0.25) is 0 Å². The highest BCUT2D eigenvalue weighted by atomic mass is 16.6. The van der Waals surface area contributed by atoms with Gasteiger partial charge in [0.1, 0.15) is 5.60 Å². The number of carbonyl (C=O) groups is 2. The van der Waals surface area contributed by atoms with Crippen molar-refractivity contribution in [1.82, 2.24) is 14.7 Å². The molecule has 6 heteroatoms. The van der Waals surface area contributed by atoms with E-state index in [2.05, 4.69) is 32.6 Å². The molecule has 0 N–H and O–H groups in total.